The van der Waals surface area contributed by atoms with Crippen molar-refractivity contribution in [1.29, 1.82) is 0 Å². The summed E-state index contributed by atoms with van der Waals surface area (Å²) in [6.07, 6.45) is -1.07. The number of ether oxygens (including phenoxy) is 2. The van der Waals surface area contributed by atoms with Crippen molar-refractivity contribution >= 4 is 5.91 Å². The van der Waals surface area contributed by atoms with Crippen LogP contribution in [0.15, 0.2) is 36.4 Å². The summed E-state index contributed by atoms with van der Waals surface area (Å²) in [4.78, 5) is 16.8. The summed E-state index contributed by atoms with van der Waals surface area (Å²) < 4.78 is 11.8. The highest BCUT2D eigenvalue weighted by molar-refractivity contribution is 5.82. The molecule has 2 aliphatic heterocycles. The van der Waals surface area contributed by atoms with Crippen LogP contribution in [0.3, 0.4) is 0 Å². The number of piperazine rings is 1. The number of aliphatic hydroxyl groups excluding tert-OH is 1. The maximum atomic E-state index is 12.4. The first-order chi connectivity index (χ1) is 15.3. The maximum Gasteiger partial charge on any atom is 0.239 e. The number of β-amino-alcohol motifs (C(OH)–C–C–N with tert-alkyl or cyclic N) is 1. The van der Waals surface area contributed by atoms with Crippen LogP contribution in [0.4, 0.5) is 0 Å². The molecule has 0 aromatic heterocycles. The molecule has 0 bridgehead atoms. The van der Waals surface area contributed by atoms with Crippen LogP contribution in [0.2, 0.25) is 0 Å². The number of amides is 1. The fourth-order valence-corrected chi connectivity index (χ4v) is 4.73. The number of hydrogen-bond acceptors (Lipinski definition) is 6. The largest absolute Gasteiger partial charge is 0.486 e. The molecule has 2 aromatic rings. The van der Waals surface area contributed by atoms with Crippen LogP contribution in [0, 0.1) is 20.8 Å². The number of benzene rings is 2. The lowest BCUT2D eigenvalue weighted by molar-refractivity contribution is -0.124. The molecule has 1 saturated heterocycles. The van der Waals surface area contributed by atoms with Gasteiger partial charge in [-0.15, -0.1) is 0 Å². The van der Waals surface area contributed by atoms with Gasteiger partial charge in [-0.1, -0.05) is 24.3 Å². The second-order valence-electron chi connectivity index (χ2n) is 8.93. The second kappa shape index (κ2) is 9.48. The fraction of sp³-hybridized carbons (Fsp3) is 0.480. The molecule has 32 heavy (non-hydrogen) atoms. The molecule has 4 rings (SSSR count). The summed E-state index contributed by atoms with van der Waals surface area (Å²) in [5.41, 5.74) is 10.1. The van der Waals surface area contributed by atoms with Gasteiger partial charge in [0.25, 0.3) is 0 Å². The highest BCUT2D eigenvalue weighted by Crippen LogP contribution is 2.33. The van der Waals surface area contributed by atoms with E-state index in [1.54, 1.807) is 0 Å². The van der Waals surface area contributed by atoms with Gasteiger partial charge in [0.15, 0.2) is 17.6 Å². The minimum Gasteiger partial charge on any atom is -0.486 e. The van der Waals surface area contributed by atoms with E-state index in [9.17, 15) is 9.90 Å². The Kier molecular flexibility index (Phi) is 6.69. The van der Waals surface area contributed by atoms with E-state index in [2.05, 4.69) is 9.80 Å². The van der Waals surface area contributed by atoms with E-state index in [0.29, 0.717) is 32.0 Å². The smallest absolute Gasteiger partial charge is 0.239 e. The molecule has 7 nitrogen and oxygen atoms in total. The zero-order valence-electron chi connectivity index (χ0n) is 19.1. The number of carbonyl (C=O) groups is 1. The van der Waals surface area contributed by atoms with Crippen LogP contribution in [0.25, 0.3) is 0 Å². The molecule has 2 aromatic carbocycles. The van der Waals surface area contributed by atoms with Gasteiger partial charge in [0.1, 0.15) is 18.8 Å². The van der Waals surface area contributed by atoms with Gasteiger partial charge in [-0.3, -0.25) is 14.6 Å². The lowest BCUT2D eigenvalue weighted by Gasteiger charge is -2.40. The molecule has 1 amide bonds. The molecule has 0 radical (unpaired) electrons. The summed E-state index contributed by atoms with van der Waals surface area (Å²) in [5, 5.41) is 10.8. The molecular formula is C25H33N3O4. The predicted octanol–water partition coefficient (Wildman–Crippen LogP) is 1.96. The van der Waals surface area contributed by atoms with Crippen LogP contribution < -0.4 is 15.2 Å². The molecule has 0 aliphatic carbocycles. The van der Waals surface area contributed by atoms with E-state index in [-0.39, 0.29) is 5.91 Å². The lowest BCUT2D eigenvalue weighted by Crippen LogP contribution is -2.54. The van der Waals surface area contributed by atoms with Gasteiger partial charge in [0.05, 0.1) is 0 Å². The van der Waals surface area contributed by atoms with E-state index >= 15 is 0 Å². The van der Waals surface area contributed by atoms with Crippen LogP contribution in [-0.2, 0) is 4.79 Å². The van der Waals surface area contributed by atoms with Gasteiger partial charge in [-0.25, -0.2) is 0 Å². The summed E-state index contributed by atoms with van der Waals surface area (Å²) in [5.74, 6) is 1.08. The highest BCUT2D eigenvalue weighted by Gasteiger charge is 2.33. The minimum absolute atomic E-state index is 0.322. The Morgan fingerprint density at radius 2 is 1.78 bits per heavy atom. The van der Waals surface area contributed by atoms with Crippen LogP contribution >= 0.6 is 0 Å². The Morgan fingerprint density at radius 3 is 2.44 bits per heavy atom. The van der Waals surface area contributed by atoms with Crippen molar-refractivity contribution in [3.63, 3.8) is 0 Å². The predicted molar refractivity (Wildman–Crippen MR) is 123 cm³/mol. The van der Waals surface area contributed by atoms with Crippen molar-refractivity contribution < 1.29 is 19.4 Å². The van der Waals surface area contributed by atoms with Crippen molar-refractivity contribution in [2.75, 3.05) is 39.3 Å². The molecule has 3 atom stereocenters. The van der Waals surface area contributed by atoms with Crippen molar-refractivity contribution in [2.24, 2.45) is 5.73 Å². The van der Waals surface area contributed by atoms with Gasteiger partial charge >= 0.3 is 0 Å². The molecule has 3 N–H and O–H groups in total. The number of primary amides is 1. The SMILES string of the molecule is Cc1ccc2c(c1)OC(C(O)CN1CCN(C(C(N)=O)c3c(C)cccc3C)CC1)CO2. The van der Waals surface area contributed by atoms with E-state index < -0.39 is 18.2 Å². The lowest BCUT2D eigenvalue weighted by atomic mass is 9.94. The first-order valence-corrected chi connectivity index (χ1v) is 11.2. The first kappa shape index (κ1) is 22.6. The van der Waals surface area contributed by atoms with Gasteiger partial charge in [-0.05, 0) is 55.2 Å². The molecule has 0 spiro atoms. The molecule has 2 aliphatic rings. The van der Waals surface area contributed by atoms with Gasteiger partial charge < -0.3 is 20.3 Å². The third-order valence-electron chi connectivity index (χ3n) is 6.51. The number of hydrogen-bond donors (Lipinski definition) is 2. The molecular weight excluding hydrogens is 406 g/mol. The van der Waals surface area contributed by atoms with Gasteiger partial charge in [0.2, 0.25) is 5.91 Å². The Morgan fingerprint density at radius 1 is 1.09 bits per heavy atom. The van der Waals surface area contributed by atoms with Crippen molar-refractivity contribution in [1.82, 2.24) is 9.80 Å². The Labute approximate surface area is 189 Å². The number of rotatable bonds is 6. The third kappa shape index (κ3) is 4.75. The number of carbonyl (C=O) groups excluding carboxylic acids is 1. The Balaban J connectivity index is 1.36. The molecule has 0 saturated carbocycles. The standard InChI is InChI=1S/C25H33N3O4/c1-16-7-8-20-21(13-16)32-22(15-31-20)19(29)14-27-9-11-28(12-10-27)24(25(26)30)23-17(2)5-4-6-18(23)3/h4-8,13,19,22,24,29H,9-12,14-15H2,1-3H3,(H2,26,30). The Hall–Kier alpha value is -2.61. The van der Waals surface area contributed by atoms with Crippen LogP contribution in [0.5, 0.6) is 11.5 Å². The normalized spacial score (nSPS) is 21.2. The molecule has 7 heteroatoms. The fourth-order valence-electron chi connectivity index (χ4n) is 4.73. The molecule has 1 fully saturated rings. The number of nitrogens with zero attached hydrogens (tertiary/aromatic N) is 2. The number of nitrogens with two attached hydrogens (primary N) is 1. The minimum atomic E-state index is -0.666. The third-order valence-corrected chi connectivity index (χ3v) is 6.51. The van der Waals surface area contributed by atoms with Crippen molar-refractivity contribution in [3.05, 3.63) is 58.7 Å². The zero-order valence-corrected chi connectivity index (χ0v) is 19.1. The number of aryl methyl sites for hydroxylation is 3. The monoisotopic (exact) mass is 439 g/mol. The summed E-state index contributed by atoms with van der Waals surface area (Å²) in [7, 11) is 0. The summed E-state index contributed by atoms with van der Waals surface area (Å²) >= 11 is 0. The quantitative estimate of drug-likeness (QED) is 0.715. The number of fused-ring (bicyclic) bond motifs is 1. The van der Waals surface area contributed by atoms with Crippen molar-refractivity contribution in [2.45, 2.75) is 39.0 Å². The maximum absolute atomic E-state index is 12.4. The number of aliphatic hydroxyl groups is 1. The average Bonchev–Trinajstić information content (AvgIpc) is 2.76. The zero-order chi connectivity index (χ0) is 22.8. The van der Waals surface area contributed by atoms with Crippen LogP contribution in [0.1, 0.15) is 28.3 Å². The molecule has 3 unspecified atom stereocenters. The van der Waals surface area contributed by atoms with Gasteiger partial charge in [-0.2, -0.15) is 0 Å². The van der Waals surface area contributed by atoms with Crippen LogP contribution in [-0.4, -0.2) is 72.4 Å². The topological polar surface area (TPSA) is 88.3 Å². The Bertz CT molecular complexity index is 951. The van der Waals surface area contributed by atoms with Gasteiger partial charge in [0, 0.05) is 32.7 Å². The summed E-state index contributed by atoms with van der Waals surface area (Å²) in [6.45, 7) is 9.77. The summed E-state index contributed by atoms with van der Waals surface area (Å²) in [6, 6.07) is 11.4. The van der Waals surface area contributed by atoms with E-state index in [1.807, 2.05) is 57.2 Å². The van der Waals surface area contributed by atoms with E-state index in [1.165, 1.54) is 0 Å². The average molecular weight is 440 g/mol. The van der Waals surface area contributed by atoms with Crippen molar-refractivity contribution in [3.8, 4) is 11.5 Å². The first-order valence-electron chi connectivity index (χ1n) is 11.2. The molecule has 172 valence electrons. The van der Waals surface area contributed by atoms with E-state index in [0.717, 1.165) is 41.1 Å². The second-order valence-corrected chi connectivity index (χ2v) is 8.93. The highest BCUT2D eigenvalue weighted by atomic mass is 16.6. The molecule has 2 heterocycles. The van der Waals surface area contributed by atoms with E-state index in [4.69, 9.17) is 15.2 Å².